The zero-order chi connectivity index (χ0) is 16.5. The largest absolute Gasteiger partial charge is 0.416 e. The number of piperazine rings is 1. The van der Waals surface area contributed by atoms with E-state index in [2.05, 4.69) is 5.32 Å². The minimum Gasteiger partial charge on any atom is -0.314 e. The molecule has 140 valence electrons. The fraction of sp³-hybridized carbons (Fsp3) is 0.538. The number of nitrogens with one attached hydrogen (secondary N) is 1. The Labute approximate surface area is 152 Å². The topological polar surface area (TPSA) is 15.3 Å². The summed E-state index contributed by atoms with van der Waals surface area (Å²) >= 11 is 5.59. The summed E-state index contributed by atoms with van der Waals surface area (Å²) in [7, 11) is 0. The highest BCUT2D eigenvalue weighted by Crippen LogP contribution is 2.41. The van der Waals surface area contributed by atoms with Crippen LogP contribution in [-0.4, -0.2) is 37.3 Å². The number of halogens is 9. The Morgan fingerprint density at radius 2 is 1.50 bits per heavy atom. The van der Waals surface area contributed by atoms with Gasteiger partial charge in [-0.25, -0.2) is 0 Å². The molecule has 1 fully saturated rings. The zero-order valence-electron chi connectivity index (χ0n) is 12.0. The van der Waals surface area contributed by atoms with E-state index < -0.39 is 29.5 Å². The fourth-order valence-electron chi connectivity index (χ4n) is 2.48. The lowest BCUT2D eigenvalue weighted by molar-refractivity contribution is -0.188. The van der Waals surface area contributed by atoms with Crippen LogP contribution in [0.4, 0.5) is 26.3 Å². The second-order valence-electron chi connectivity index (χ2n) is 5.00. The van der Waals surface area contributed by atoms with Crippen LogP contribution in [0.3, 0.4) is 0 Å². The average Bonchev–Trinajstić information content (AvgIpc) is 2.36. The molecule has 2 nitrogen and oxygen atoms in total. The predicted molar refractivity (Wildman–Crippen MR) is 84.2 cm³/mol. The van der Waals surface area contributed by atoms with Crippen LogP contribution in [0.25, 0.3) is 0 Å². The second kappa shape index (κ2) is 8.80. The van der Waals surface area contributed by atoms with Gasteiger partial charge in [-0.1, -0.05) is 11.6 Å². The van der Waals surface area contributed by atoms with Crippen molar-refractivity contribution < 1.29 is 26.3 Å². The van der Waals surface area contributed by atoms with Crippen LogP contribution in [0, 0.1) is 0 Å². The third-order valence-electron chi connectivity index (χ3n) is 3.39. The normalized spacial score (nSPS) is 17.6. The smallest absolute Gasteiger partial charge is 0.314 e. The molecular formula is C13H15Cl3F6N2. The van der Waals surface area contributed by atoms with Crippen molar-refractivity contribution >= 4 is 36.4 Å². The van der Waals surface area contributed by atoms with Crippen molar-refractivity contribution in [1.29, 1.82) is 0 Å². The molecule has 0 saturated carbocycles. The van der Waals surface area contributed by atoms with Gasteiger partial charge in [0.15, 0.2) is 0 Å². The van der Waals surface area contributed by atoms with E-state index in [0.29, 0.717) is 25.2 Å². The Morgan fingerprint density at radius 1 is 0.958 bits per heavy atom. The molecule has 0 unspecified atom stereocenters. The van der Waals surface area contributed by atoms with Gasteiger partial charge in [0.25, 0.3) is 0 Å². The minimum atomic E-state index is -4.75. The van der Waals surface area contributed by atoms with E-state index >= 15 is 0 Å². The molecule has 1 aromatic carbocycles. The van der Waals surface area contributed by atoms with Crippen molar-refractivity contribution in [3.05, 3.63) is 34.3 Å². The van der Waals surface area contributed by atoms with Crippen molar-refractivity contribution in [3.63, 3.8) is 0 Å². The van der Waals surface area contributed by atoms with E-state index in [-0.39, 0.29) is 42.9 Å². The molecule has 1 saturated heterocycles. The van der Waals surface area contributed by atoms with E-state index in [4.69, 9.17) is 11.6 Å². The van der Waals surface area contributed by atoms with Crippen molar-refractivity contribution in [1.82, 2.24) is 10.2 Å². The van der Waals surface area contributed by atoms with Gasteiger partial charge < -0.3 is 5.32 Å². The first-order valence-electron chi connectivity index (χ1n) is 6.48. The molecule has 1 aliphatic heterocycles. The van der Waals surface area contributed by atoms with Crippen LogP contribution in [0.5, 0.6) is 0 Å². The molecule has 1 heterocycles. The van der Waals surface area contributed by atoms with Crippen LogP contribution in [0.15, 0.2) is 18.2 Å². The highest BCUT2D eigenvalue weighted by molar-refractivity contribution is 6.30. The Kier molecular flexibility index (Phi) is 8.65. The number of benzene rings is 1. The third kappa shape index (κ3) is 5.84. The molecule has 24 heavy (non-hydrogen) atoms. The van der Waals surface area contributed by atoms with Gasteiger partial charge >= 0.3 is 12.4 Å². The maximum Gasteiger partial charge on any atom is 0.416 e. The van der Waals surface area contributed by atoms with Crippen molar-refractivity contribution in [3.8, 4) is 0 Å². The first kappa shape index (κ1) is 23.6. The van der Waals surface area contributed by atoms with Gasteiger partial charge in [0.05, 0.1) is 5.56 Å². The molecule has 0 spiro atoms. The number of hydrogen-bond acceptors (Lipinski definition) is 2. The molecule has 11 heteroatoms. The fourth-order valence-corrected chi connectivity index (χ4v) is 2.72. The number of rotatable bonds is 2. The van der Waals surface area contributed by atoms with E-state index in [1.54, 1.807) is 0 Å². The van der Waals surface area contributed by atoms with Gasteiger partial charge in [-0.15, -0.1) is 24.8 Å². The molecule has 0 amide bonds. The van der Waals surface area contributed by atoms with Gasteiger partial charge in [-0.05, 0) is 23.8 Å². The quantitative estimate of drug-likeness (QED) is 0.699. The summed E-state index contributed by atoms with van der Waals surface area (Å²) in [4.78, 5) is 1.11. The zero-order valence-corrected chi connectivity index (χ0v) is 14.4. The standard InChI is InChI=1S/C13H13ClF6N2.2ClH/c14-10-6-8(5-9(7-10)12(15,16)17)11(13(18,19)20)22-3-1-21-2-4-22;;/h5-7,11,21H,1-4H2;2*1H/t11-;;/m0../s1. The maximum atomic E-state index is 13.4. The molecule has 0 aliphatic carbocycles. The number of hydrogen-bond donors (Lipinski definition) is 1. The Morgan fingerprint density at radius 3 is 1.96 bits per heavy atom. The molecule has 0 bridgehead atoms. The first-order valence-corrected chi connectivity index (χ1v) is 6.86. The Bertz CT molecular complexity index is 529. The molecule has 1 atom stereocenters. The summed E-state index contributed by atoms with van der Waals surface area (Å²) in [5.74, 6) is 0. The van der Waals surface area contributed by atoms with Crippen molar-refractivity contribution in [2.24, 2.45) is 0 Å². The van der Waals surface area contributed by atoms with E-state index in [1.165, 1.54) is 0 Å². The van der Waals surface area contributed by atoms with Gasteiger partial charge in [0, 0.05) is 31.2 Å². The maximum absolute atomic E-state index is 13.4. The monoisotopic (exact) mass is 418 g/mol. The van der Waals surface area contributed by atoms with Gasteiger partial charge in [-0.2, -0.15) is 26.3 Å². The first-order chi connectivity index (χ1) is 10.1. The Balaban J connectivity index is 0.00000264. The number of alkyl halides is 6. The summed E-state index contributed by atoms with van der Waals surface area (Å²) in [6.45, 7) is 0.884. The summed E-state index contributed by atoms with van der Waals surface area (Å²) in [6, 6.07) is -0.0198. The molecule has 2 rings (SSSR count). The lowest BCUT2D eigenvalue weighted by atomic mass is 10.0. The van der Waals surface area contributed by atoms with Crippen molar-refractivity contribution in [2.45, 2.75) is 18.4 Å². The van der Waals surface area contributed by atoms with E-state index in [1.807, 2.05) is 0 Å². The van der Waals surface area contributed by atoms with Crippen LogP contribution < -0.4 is 5.32 Å². The summed E-state index contributed by atoms with van der Waals surface area (Å²) in [6.07, 6.45) is -9.44. The minimum absolute atomic E-state index is 0. The molecular weight excluding hydrogens is 405 g/mol. The van der Waals surface area contributed by atoms with Crippen LogP contribution >= 0.6 is 36.4 Å². The average molecular weight is 420 g/mol. The molecule has 0 aromatic heterocycles. The highest BCUT2D eigenvalue weighted by Gasteiger charge is 2.45. The van der Waals surface area contributed by atoms with Crippen molar-refractivity contribution in [2.75, 3.05) is 26.2 Å². The molecule has 0 radical (unpaired) electrons. The summed E-state index contributed by atoms with van der Waals surface area (Å²) in [5.41, 5.74) is -1.67. The van der Waals surface area contributed by atoms with E-state index in [0.717, 1.165) is 11.0 Å². The third-order valence-corrected chi connectivity index (χ3v) is 3.61. The SMILES string of the molecule is Cl.Cl.FC(F)(F)c1cc(Cl)cc([C@H](N2CCNCC2)C(F)(F)F)c1. The Hall–Kier alpha value is -0.410. The van der Waals surface area contributed by atoms with Gasteiger partial charge in [0.2, 0.25) is 0 Å². The highest BCUT2D eigenvalue weighted by atomic mass is 35.5. The predicted octanol–water partition coefficient (Wildman–Crippen LogP) is 4.71. The molecule has 1 aliphatic rings. The lowest BCUT2D eigenvalue weighted by Gasteiger charge is -2.36. The van der Waals surface area contributed by atoms with Crippen LogP contribution in [-0.2, 0) is 6.18 Å². The molecule has 1 aromatic rings. The molecule has 1 N–H and O–H groups in total. The van der Waals surface area contributed by atoms with E-state index in [9.17, 15) is 26.3 Å². The van der Waals surface area contributed by atoms with Crippen LogP contribution in [0.1, 0.15) is 17.2 Å². The van der Waals surface area contributed by atoms with Crippen LogP contribution in [0.2, 0.25) is 5.02 Å². The summed E-state index contributed by atoms with van der Waals surface area (Å²) < 4.78 is 78.5. The van der Waals surface area contributed by atoms with Gasteiger partial charge in [-0.3, -0.25) is 4.90 Å². The second-order valence-corrected chi connectivity index (χ2v) is 5.44. The number of nitrogens with zero attached hydrogens (tertiary/aromatic N) is 1. The summed E-state index contributed by atoms with van der Waals surface area (Å²) in [5, 5.41) is 2.54. The lowest BCUT2D eigenvalue weighted by Crippen LogP contribution is -2.49. The van der Waals surface area contributed by atoms with Gasteiger partial charge in [0.1, 0.15) is 6.04 Å².